The fourth-order valence-corrected chi connectivity index (χ4v) is 2.97. The zero-order valence-electron chi connectivity index (χ0n) is 10.9. The molecule has 0 saturated heterocycles. The van der Waals surface area contributed by atoms with Gasteiger partial charge in [-0.3, -0.25) is 4.98 Å². The lowest BCUT2D eigenvalue weighted by molar-refractivity contribution is 0.407. The monoisotopic (exact) mass is 262 g/mol. The molecule has 0 amide bonds. The third kappa shape index (κ3) is 2.54. The summed E-state index contributed by atoms with van der Waals surface area (Å²) >= 11 is 1.71. The van der Waals surface area contributed by atoms with Gasteiger partial charge in [0, 0.05) is 12.4 Å². The fraction of sp³-hybridized carbons (Fsp3) is 0.357. The zero-order valence-corrected chi connectivity index (χ0v) is 11.8. The zero-order chi connectivity index (χ0) is 13.0. The summed E-state index contributed by atoms with van der Waals surface area (Å²) in [5, 5.41) is 5.57. The van der Waals surface area contributed by atoms with Crippen molar-refractivity contribution >= 4 is 11.3 Å². The highest BCUT2D eigenvalue weighted by Crippen LogP contribution is 2.35. The number of ether oxygens (including phenoxy) is 1. The van der Waals surface area contributed by atoms with E-state index in [9.17, 15) is 0 Å². The van der Waals surface area contributed by atoms with Gasteiger partial charge in [0.2, 0.25) is 0 Å². The van der Waals surface area contributed by atoms with E-state index in [2.05, 4.69) is 29.5 Å². The third-order valence-corrected chi connectivity index (χ3v) is 3.90. The first-order valence-corrected chi connectivity index (χ1v) is 6.91. The Kier molecular flexibility index (Phi) is 4.33. The maximum atomic E-state index is 5.42. The van der Waals surface area contributed by atoms with Crippen LogP contribution in [0.1, 0.15) is 29.0 Å². The van der Waals surface area contributed by atoms with Crippen molar-refractivity contribution in [2.45, 2.75) is 19.9 Å². The maximum absolute atomic E-state index is 5.42. The van der Waals surface area contributed by atoms with Gasteiger partial charge < -0.3 is 10.1 Å². The Morgan fingerprint density at radius 1 is 1.44 bits per heavy atom. The van der Waals surface area contributed by atoms with Gasteiger partial charge in [0.15, 0.2) is 0 Å². The first-order valence-electron chi connectivity index (χ1n) is 6.03. The molecule has 0 aliphatic carbocycles. The third-order valence-electron chi connectivity index (χ3n) is 2.94. The number of nitrogens with zero attached hydrogens (tertiary/aromatic N) is 1. The molecule has 2 aromatic heterocycles. The van der Waals surface area contributed by atoms with Crippen LogP contribution in [-0.4, -0.2) is 18.6 Å². The highest BCUT2D eigenvalue weighted by atomic mass is 32.1. The SMILES string of the molecule is CCNC(c1cnccc1C)c1sccc1OC. The average molecular weight is 262 g/mol. The summed E-state index contributed by atoms with van der Waals surface area (Å²) in [6.45, 7) is 5.13. The van der Waals surface area contributed by atoms with Gasteiger partial charge in [-0.05, 0) is 42.1 Å². The van der Waals surface area contributed by atoms with Crippen molar-refractivity contribution < 1.29 is 4.74 Å². The minimum Gasteiger partial charge on any atom is -0.496 e. The van der Waals surface area contributed by atoms with Gasteiger partial charge in [-0.2, -0.15) is 0 Å². The van der Waals surface area contributed by atoms with Gasteiger partial charge in [-0.25, -0.2) is 0 Å². The van der Waals surface area contributed by atoms with E-state index in [-0.39, 0.29) is 6.04 Å². The highest BCUT2D eigenvalue weighted by molar-refractivity contribution is 7.10. The molecular formula is C14H18N2OS. The van der Waals surface area contributed by atoms with Gasteiger partial charge in [0.25, 0.3) is 0 Å². The van der Waals surface area contributed by atoms with Crippen molar-refractivity contribution in [1.29, 1.82) is 0 Å². The molecule has 96 valence electrons. The van der Waals surface area contributed by atoms with Crippen LogP contribution in [0.2, 0.25) is 0 Å². The predicted molar refractivity (Wildman–Crippen MR) is 75.4 cm³/mol. The number of nitrogens with one attached hydrogen (secondary N) is 1. The number of rotatable bonds is 5. The Hall–Kier alpha value is -1.39. The second-order valence-corrected chi connectivity index (χ2v) is 5.02. The van der Waals surface area contributed by atoms with Gasteiger partial charge in [-0.15, -0.1) is 11.3 Å². The molecule has 0 spiro atoms. The molecule has 0 bridgehead atoms. The summed E-state index contributed by atoms with van der Waals surface area (Å²) in [7, 11) is 1.71. The summed E-state index contributed by atoms with van der Waals surface area (Å²) in [6.07, 6.45) is 3.76. The number of hydrogen-bond acceptors (Lipinski definition) is 4. The minimum atomic E-state index is 0.152. The Balaban J connectivity index is 2.43. The standard InChI is InChI=1S/C14H18N2OS/c1-4-16-13(11-9-15-7-5-10(11)2)14-12(17-3)6-8-18-14/h5-9,13,16H,4H2,1-3H3. The molecule has 0 aliphatic rings. The number of thiophene rings is 1. The van der Waals surface area contributed by atoms with Crippen molar-refractivity contribution in [2.75, 3.05) is 13.7 Å². The molecule has 0 aromatic carbocycles. The molecule has 2 heterocycles. The Bertz CT molecular complexity index is 510. The fourth-order valence-electron chi connectivity index (χ4n) is 2.01. The Labute approximate surface area is 112 Å². The summed E-state index contributed by atoms with van der Waals surface area (Å²) in [5.41, 5.74) is 2.45. The van der Waals surface area contributed by atoms with Crippen LogP contribution in [0, 0.1) is 6.92 Å². The Morgan fingerprint density at radius 2 is 2.28 bits per heavy atom. The molecule has 0 saturated carbocycles. The van der Waals surface area contributed by atoms with E-state index in [1.807, 2.05) is 24.5 Å². The molecule has 2 rings (SSSR count). The maximum Gasteiger partial charge on any atom is 0.134 e. The van der Waals surface area contributed by atoms with E-state index in [0.29, 0.717) is 0 Å². The molecule has 2 aromatic rings. The molecule has 0 fully saturated rings. The van der Waals surface area contributed by atoms with Crippen LogP contribution in [0.3, 0.4) is 0 Å². The quantitative estimate of drug-likeness (QED) is 0.898. The van der Waals surface area contributed by atoms with Crippen molar-refractivity contribution in [2.24, 2.45) is 0 Å². The van der Waals surface area contributed by atoms with Crippen molar-refractivity contribution in [3.63, 3.8) is 0 Å². The van der Waals surface area contributed by atoms with Gasteiger partial charge in [0.05, 0.1) is 18.0 Å². The molecule has 0 aliphatic heterocycles. The molecule has 18 heavy (non-hydrogen) atoms. The number of methoxy groups -OCH3 is 1. The van der Waals surface area contributed by atoms with E-state index >= 15 is 0 Å². The number of aryl methyl sites for hydroxylation is 1. The lowest BCUT2D eigenvalue weighted by Crippen LogP contribution is -2.22. The summed E-state index contributed by atoms with van der Waals surface area (Å²) in [6, 6.07) is 4.20. The number of pyridine rings is 1. The molecule has 4 heteroatoms. The molecule has 1 atom stereocenters. The van der Waals surface area contributed by atoms with Crippen LogP contribution in [0.15, 0.2) is 29.9 Å². The average Bonchev–Trinajstić information content (AvgIpc) is 2.85. The second kappa shape index (κ2) is 5.98. The lowest BCUT2D eigenvalue weighted by Gasteiger charge is -2.19. The van der Waals surface area contributed by atoms with Gasteiger partial charge >= 0.3 is 0 Å². The summed E-state index contributed by atoms with van der Waals surface area (Å²) in [5.74, 6) is 0.939. The first-order chi connectivity index (χ1) is 8.77. The van der Waals surface area contributed by atoms with E-state index in [4.69, 9.17) is 4.74 Å². The summed E-state index contributed by atoms with van der Waals surface area (Å²) < 4.78 is 5.42. The molecule has 3 nitrogen and oxygen atoms in total. The van der Waals surface area contributed by atoms with E-state index in [1.54, 1.807) is 18.4 Å². The van der Waals surface area contributed by atoms with Crippen LogP contribution in [0.25, 0.3) is 0 Å². The van der Waals surface area contributed by atoms with Crippen LogP contribution >= 0.6 is 11.3 Å². The van der Waals surface area contributed by atoms with Crippen molar-refractivity contribution in [3.8, 4) is 5.75 Å². The summed E-state index contributed by atoms with van der Waals surface area (Å²) in [4.78, 5) is 5.44. The topological polar surface area (TPSA) is 34.2 Å². The first kappa shape index (κ1) is 13.1. The van der Waals surface area contributed by atoms with Gasteiger partial charge in [0.1, 0.15) is 5.75 Å². The van der Waals surface area contributed by atoms with E-state index in [1.165, 1.54) is 16.0 Å². The normalized spacial score (nSPS) is 12.4. The van der Waals surface area contributed by atoms with Crippen LogP contribution in [-0.2, 0) is 0 Å². The molecule has 0 radical (unpaired) electrons. The van der Waals surface area contributed by atoms with Crippen molar-refractivity contribution in [3.05, 3.63) is 45.9 Å². The lowest BCUT2D eigenvalue weighted by atomic mass is 10.0. The van der Waals surface area contributed by atoms with E-state index < -0.39 is 0 Å². The smallest absolute Gasteiger partial charge is 0.134 e. The molecule has 1 N–H and O–H groups in total. The Morgan fingerprint density at radius 3 is 2.94 bits per heavy atom. The van der Waals surface area contributed by atoms with Crippen LogP contribution in [0.4, 0.5) is 0 Å². The van der Waals surface area contributed by atoms with Crippen LogP contribution in [0.5, 0.6) is 5.75 Å². The molecular weight excluding hydrogens is 244 g/mol. The molecule has 1 unspecified atom stereocenters. The second-order valence-electron chi connectivity index (χ2n) is 4.08. The number of hydrogen-bond donors (Lipinski definition) is 1. The minimum absolute atomic E-state index is 0.152. The number of aromatic nitrogens is 1. The van der Waals surface area contributed by atoms with Crippen LogP contribution < -0.4 is 10.1 Å². The van der Waals surface area contributed by atoms with E-state index in [0.717, 1.165) is 12.3 Å². The predicted octanol–water partition coefficient (Wildman–Crippen LogP) is 3.16. The van der Waals surface area contributed by atoms with Gasteiger partial charge in [-0.1, -0.05) is 6.92 Å². The highest BCUT2D eigenvalue weighted by Gasteiger charge is 2.20. The largest absolute Gasteiger partial charge is 0.496 e. The van der Waals surface area contributed by atoms with Crippen molar-refractivity contribution in [1.82, 2.24) is 10.3 Å².